The fraction of sp³-hybridized carbons (Fsp3) is 0.824. The van der Waals surface area contributed by atoms with E-state index in [1.54, 1.807) is 7.05 Å². The number of carbonyl (C=O) groups excluding carboxylic acids is 2. The van der Waals surface area contributed by atoms with Gasteiger partial charge < -0.3 is 20.7 Å². The van der Waals surface area contributed by atoms with E-state index in [9.17, 15) is 9.59 Å². The van der Waals surface area contributed by atoms with Crippen molar-refractivity contribution in [1.82, 2.24) is 20.9 Å². The second-order valence-electron chi connectivity index (χ2n) is 7.15. The van der Waals surface area contributed by atoms with Gasteiger partial charge in [-0.2, -0.15) is 0 Å². The molecule has 8 nitrogen and oxygen atoms in total. The van der Waals surface area contributed by atoms with Gasteiger partial charge in [0.15, 0.2) is 5.96 Å². The van der Waals surface area contributed by atoms with Gasteiger partial charge in [-0.15, -0.1) is 24.0 Å². The predicted molar refractivity (Wildman–Crippen MR) is 114 cm³/mol. The molecule has 1 rings (SSSR count). The van der Waals surface area contributed by atoms with Crippen molar-refractivity contribution < 1.29 is 14.3 Å². The van der Waals surface area contributed by atoms with E-state index in [1.165, 1.54) is 0 Å². The van der Waals surface area contributed by atoms with Crippen molar-refractivity contribution in [3.63, 3.8) is 0 Å². The normalized spacial score (nSPS) is 16.4. The molecule has 1 amide bonds. The third kappa shape index (κ3) is 10.8. The SMILES string of the molecule is CCNC(=NCC(=O)OC(C)(C)C)NC1CCN(CC(=O)NC)CC1.I. The number of hydrogen-bond acceptors (Lipinski definition) is 5. The summed E-state index contributed by atoms with van der Waals surface area (Å²) in [5.41, 5.74) is -0.504. The summed E-state index contributed by atoms with van der Waals surface area (Å²) in [4.78, 5) is 29.7. The van der Waals surface area contributed by atoms with Gasteiger partial charge in [0, 0.05) is 32.7 Å². The molecule has 1 aliphatic rings. The maximum Gasteiger partial charge on any atom is 0.328 e. The van der Waals surface area contributed by atoms with Gasteiger partial charge in [-0.05, 0) is 40.5 Å². The Morgan fingerprint density at radius 2 is 1.85 bits per heavy atom. The summed E-state index contributed by atoms with van der Waals surface area (Å²) in [6.45, 7) is 10.4. The summed E-state index contributed by atoms with van der Waals surface area (Å²) in [6, 6.07) is 0.275. The molecule has 0 spiro atoms. The number of carbonyl (C=O) groups is 2. The lowest BCUT2D eigenvalue weighted by Crippen LogP contribution is -2.50. The van der Waals surface area contributed by atoms with Crippen LogP contribution in [0.25, 0.3) is 0 Å². The zero-order valence-corrected chi connectivity index (χ0v) is 18.9. The van der Waals surface area contributed by atoms with Gasteiger partial charge in [-0.25, -0.2) is 4.99 Å². The largest absolute Gasteiger partial charge is 0.459 e. The van der Waals surface area contributed by atoms with E-state index in [0.29, 0.717) is 12.5 Å². The van der Waals surface area contributed by atoms with Gasteiger partial charge >= 0.3 is 5.97 Å². The first-order valence-corrected chi connectivity index (χ1v) is 8.93. The molecule has 0 unspecified atom stereocenters. The number of guanidine groups is 1. The summed E-state index contributed by atoms with van der Waals surface area (Å²) < 4.78 is 5.27. The first kappa shape index (κ1) is 24.9. The number of ether oxygens (including phenoxy) is 1. The molecule has 0 aromatic rings. The third-order valence-electron chi connectivity index (χ3n) is 3.70. The lowest BCUT2D eigenvalue weighted by atomic mass is 10.1. The van der Waals surface area contributed by atoms with Crippen molar-refractivity contribution in [1.29, 1.82) is 0 Å². The van der Waals surface area contributed by atoms with Crippen molar-refractivity contribution >= 4 is 41.8 Å². The van der Waals surface area contributed by atoms with E-state index in [4.69, 9.17) is 4.74 Å². The fourth-order valence-corrected chi connectivity index (χ4v) is 2.55. The van der Waals surface area contributed by atoms with Crippen LogP contribution in [-0.2, 0) is 14.3 Å². The van der Waals surface area contributed by atoms with Gasteiger partial charge in [-0.3, -0.25) is 14.5 Å². The molecular weight excluding hydrogens is 449 g/mol. The lowest BCUT2D eigenvalue weighted by molar-refractivity contribution is -0.152. The Bertz CT molecular complexity index is 472. The summed E-state index contributed by atoms with van der Waals surface area (Å²) in [5, 5.41) is 9.17. The lowest BCUT2D eigenvalue weighted by Gasteiger charge is -2.32. The number of amides is 1. The number of hydrogen-bond donors (Lipinski definition) is 3. The number of likely N-dealkylation sites (N-methyl/N-ethyl adjacent to an activating group) is 1. The Kier molecular flexibility index (Phi) is 11.8. The average molecular weight is 483 g/mol. The summed E-state index contributed by atoms with van der Waals surface area (Å²) in [6.07, 6.45) is 1.85. The van der Waals surface area contributed by atoms with E-state index in [1.807, 2.05) is 27.7 Å². The van der Waals surface area contributed by atoms with Crippen LogP contribution in [0.4, 0.5) is 0 Å². The fourth-order valence-electron chi connectivity index (χ4n) is 2.55. The summed E-state index contributed by atoms with van der Waals surface area (Å²) in [7, 11) is 1.65. The second kappa shape index (κ2) is 12.3. The summed E-state index contributed by atoms with van der Waals surface area (Å²) >= 11 is 0. The molecule has 0 aromatic heterocycles. The van der Waals surface area contributed by atoms with Crippen molar-refractivity contribution in [3.05, 3.63) is 0 Å². The molecule has 152 valence electrons. The Hall–Kier alpha value is -1.10. The van der Waals surface area contributed by atoms with Crippen LogP contribution in [0.15, 0.2) is 4.99 Å². The molecule has 3 N–H and O–H groups in total. The standard InChI is InChI=1S/C17H33N5O3.HI/c1-6-19-16(20-11-15(24)25-17(2,3)4)21-13-7-9-22(10-8-13)12-14(23)18-5;/h13H,6-12H2,1-5H3,(H,18,23)(H2,19,20,21);1H. The number of halogens is 1. The minimum Gasteiger partial charge on any atom is -0.459 e. The summed E-state index contributed by atoms with van der Waals surface area (Å²) in [5.74, 6) is 0.321. The topological polar surface area (TPSA) is 95.1 Å². The third-order valence-corrected chi connectivity index (χ3v) is 3.70. The molecule has 1 saturated heterocycles. The van der Waals surface area contributed by atoms with E-state index >= 15 is 0 Å². The van der Waals surface area contributed by atoms with Gasteiger partial charge in [-0.1, -0.05) is 0 Å². The Morgan fingerprint density at radius 3 is 2.35 bits per heavy atom. The van der Waals surface area contributed by atoms with Gasteiger partial charge in [0.05, 0.1) is 6.54 Å². The van der Waals surface area contributed by atoms with Gasteiger partial charge in [0.2, 0.25) is 5.91 Å². The number of nitrogens with one attached hydrogen (secondary N) is 3. The number of esters is 1. The maximum absolute atomic E-state index is 11.8. The smallest absolute Gasteiger partial charge is 0.328 e. The van der Waals surface area contributed by atoms with Crippen molar-refractivity contribution in [2.45, 2.75) is 52.2 Å². The van der Waals surface area contributed by atoms with Crippen LogP contribution in [0.5, 0.6) is 0 Å². The van der Waals surface area contributed by atoms with Crippen LogP contribution in [-0.4, -0.2) is 74.2 Å². The highest BCUT2D eigenvalue weighted by atomic mass is 127. The van der Waals surface area contributed by atoms with Gasteiger partial charge in [0.25, 0.3) is 0 Å². The molecule has 0 radical (unpaired) electrons. The van der Waals surface area contributed by atoms with Crippen LogP contribution >= 0.6 is 24.0 Å². The average Bonchev–Trinajstić information content (AvgIpc) is 2.53. The molecule has 0 aromatic carbocycles. The second-order valence-corrected chi connectivity index (χ2v) is 7.15. The Morgan fingerprint density at radius 1 is 1.23 bits per heavy atom. The molecule has 0 saturated carbocycles. The Balaban J connectivity index is 0.00000625. The highest BCUT2D eigenvalue weighted by Crippen LogP contribution is 2.10. The molecule has 0 bridgehead atoms. The van der Waals surface area contributed by atoms with Crippen LogP contribution in [0.3, 0.4) is 0 Å². The maximum atomic E-state index is 11.8. The molecule has 1 heterocycles. The number of likely N-dealkylation sites (tertiary alicyclic amines) is 1. The zero-order chi connectivity index (χ0) is 18.9. The molecule has 0 atom stereocenters. The number of nitrogens with zero attached hydrogens (tertiary/aromatic N) is 2. The van der Waals surface area contributed by atoms with Crippen LogP contribution in [0.2, 0.25) is 0 Å². The van der Waals surface area contributed by atoms with Crippen molar-refractivity contribution in [2.75, 3.05) is 39.8 Å². The number of rotatable bonds is 6. The molecule has 9 heteroatoms. The monoisotopic (exact) mass is 483 g/mol. The Labute approximate surface area is 173 Å². The van der Waals surface area contributed by atoms with E-state index in [-0.39, 0.29) is 48.4 Å². The van der Waals surface area contributed by atoms with Gasteiger partial charge in [0.1, 0.15) is 12.1 Å². The van der Waals surface area contributed by atoms with Crippen molar-refractivity contribution in [2.24, 2.45) is 4.99 Å². The van der Waals surface area contributed by atoms with Crippen molar-refractivity contribution in [3.8, 4) is 0 Å². The predicted octanol–water partition coefficient (Wildman–Crippen LogP) is 0.712. The minimum atomic E-state index is -0.504. The highest BCUT2D eigenvalue weighted by molar-refractivity contribution is 14.0. The van der Waals surface area contributed by atoms with E-state index in [2.05, 4.69) is 25.8 Å². The number of piperidine rings is 1. The highest BCUT2D eigenvalue weighted by Gasteiger charge is 2.21. The molecule has 0 aliphatic carbocycles. The van der Waals surface area contributed by atoms with Crippen LogP contribution < -0.4 is 16.0 Å². The minimum absolute atomic E-state index is 0. The molecule has 1 aliphatic heterocycles. The van der Waals surface area contributed by atoms with E-state index < -0.39 is 5.60 Å². The molecule has 26 heavy (non-hydrogen) atoms. The zero-order valence-electron chi connectivity index (χ0n) is 16.6. The quantitative estimate of drug-likeness (QED) is 0.223. The number of aliphatic imine (C=N–C) groups is 1. The van der Waals surface area contributed by atoms with E-state index in [0.717, 1.165) is 32.5 Å². The van der Waals surface area contributed by atoms with Crippen LogP contribution in [0.1, 0.15) is 40.5 Å². The molecule has 1 fully saturated rings. The van der Waals surface area contributed by atoms with Crippen LogP contribution in [0, 0.1) is 0 Å². The molecular formula is C17H34IN5O3. The first-order chi connectivity index (χ1) is 11.7. The first-order valence-electron chi connectivity index (χ1n) is 8.93.